The van der Waals surface area contributed by atoms with Gasteiger partial charge in [-0.1, -0.05) is 30.1 Å². The zero-order valence-electron chi connectivity index (χ0n) is 11.3. The van der Waals surface area contributed by atoms with E-state index >= 15 is 0 Å². The van der Waals surface area contributed by atoms with Crippen molar-refractivity contribution in [1.82, 2.24) is 10.1 Å². The van der Waals surface area contributed by atoms with E-state index < -0.39 is 5.54 Å². The smallest absolute Gasteiger partial charge is 0.247 e. The molecule has 3 rings (SSSR count). The van der Waals surface area contributed by atoms with Crippen molar-refractivity contribution in [2.24, 2.45) is 5.73 Å². The standard InChI is InChI=1S/C14H17N3O2.ClH/c1-18-11-7-3-2-6-10(11)12-16-13(19-17-12)14(15)8-4-5-9-14;/h2-3,6-7H,4-5,8-9,15H2,1H3;1H. The highest BCUT2D eigenvalue weighted by Gasteiger charge is 2.37. The van der Waals surface area contributed by atoms with Crippen LogP contribution in [-0.2, 0) is 5.54 Å². The van der Waals surface area contributed by atoms with Crippen molar-refractivity contribution in [3.63, 3.8) is 0 Å². The first-order valence-electron chi connectivity index (χ1n) is 6.49. The fraction of sp³-hybridized carbons (Fsp3) is 0.429. The van der Waals surface area contributed by atoms with E-state index in [0.29, 0.717) is 11.7 Å². The number of nitrogens with two attached hydrogens (primary N) is 1. The zero-order valence-corrected chi connectivity index (χ0v) is 12.2. The third kappa shape index (κ3) is 2.51. The predicted octanol–water partition coefficient (Wildman–Crippen LogP) is 2.90. The molecule has 1 aliphatic rings. The van der Waals surface area contributed by atoms with Crippen LogP contribution in [0.25, 0.3) is 11.4 Å². The van der Waals surface area contributed by atoms with Crippen molar-refractivity contribution in [3.8, 4) is 17.1 Å². The molecular weight excluding hydrogens is 278 g/mol. The van der Waals surface area contributed by atoms with Gasteiger partial charge < -0.3 is 15.0 Å². The summed E-state index contributed by atoms with van der Waals surface area (Å²) < 4.78 is 10.7. The van der Waals surface area contributed by atoms with E-state index in [1.54, 1.807) is 7.11 Å². The van der Waals surface area contributed by atoms with Crippen LogP contribution in [-0.4, -0.2) is 17.3 Å². The minimum atomic E-state index is -0.451. The molecule has 1 heterocycles. The number of aromatic nitrogens is 2. The highest BCUT2D eigenvalue weighted by Crippen LogP contribution is 2.36. The van der Waals surface area contributed by atoms with E-state index in [2.05, 4.69) is 10.1 Å². The van der Waals surface area contributed by atoms with Crippen molar-refractivity contribution in [1.29, 1.82) is 0 Å². The maximum atomic E-state index is 6.31. The molecule has 5 nitrogen and oxygen atoms in total. The Hall–Kier alpha value is -1.59. The molecule has 1 saturated carbocycles. The molecule has 0 spiro atoms. The Bertz CT molecular complexity index is 579. The topological polar surface area (TPSA) is 74.2 Å². The van der Waals surface area contributed by atoms with Gasteiger partial charge in [0.15, 0.2) is 0 Å². The molecule has 2 N–H and O–H groups in total. The third-order valence-corrected chi connectivity index (χ3v) is 3.70. The van der Waals surface area contributed by atoms with E-state index in [1.807, 2.05) is 24.3 Å². The maximum Gasteiger partial charge on any atom is 0.247 e. The summed E-state index contributed by atoms with van der Waals surface area (Å²) in [5.41, 5.74) is 6.68. The second-order valence-corrected chi connectivity index (χ2v) is 4.99. The third-order valence-electron chi connectivity index (χ3n) is 3.70. The quantitative estimate of drug-likeness (QED) is 0.942. The summed E-state index contributed by atoms with van der Waals surface area (Å²) in [5, 5.41) is 4.04. The lowest BCUT2D eigenvalue weighted by Crippen LogP contribution is -2.33. The average Bonchev–Trinajstić information content (AvgIpc) is 3.08. The van der Waals surface area contributed by atoms with Crippen LogP contribution in [0.4, 0.5) is 0 Å². The first-order valence-corrected chi connectivity index (χ1v) is 6.49. The number of benzene rings is 1. The molecule has 2 aromatic rings. The second-order valence-electron chi connectivity index (χ2n) is 4.99. The molecule has 1 aromatic heterocycles. The Balaban J connectivity index is 0.00000147. The lowest BCUT2D eigenvalue weighted by atomic mass is 9.99. The largest absolute Gasteiger partial charge is 0.496 e. The molecule has 20 heavy (non-hydrogen) atoms. The summed E-state index contributed by atoms with van der Waals surface area (Å²) >= 11 is 0. The first-order chi connectivity index (χ1) is 9.23. The van der Waals surface area contributed by atoms with E-state index in [0.717, 1.165) is 37.0 Å². The molecule has 0 atom stereocenters. The molecule has 6 heteroatoms. The van der Waals surface area contributed by atoms with Gasteiger partial charge in [-0.2, -0.15) is 4.98 Å². The fourth-order valence-corrected chi connectivity index (χ4v) is 2.58. The summed E-state index contributed by atoms with van der Waals surface area (Å²) in [6, 6.07) is 7.61. The zero-order chi connectivity index (χ0) is 13.3. The molecule has 1 fully saturated rings. The van der Waals surface area contributed by atoms with Crippen LogP contribution >= 0.6 is 12.4 Å². The van der Waals surface area contributed by atoms with E-state index in [-0.39, 0.29) is 12.4 Å². The van der Waals surface area contributed by atoms with Crippen LogP contribution in [0.1, 0.15) is 31.6 Å². The summed E-state index contributed by atoms with van der Waals surface area (Å²) in [4.78, 5) is 4.46. The highest BCUT2D eigenvalue weighted by atomic mass is 35.5. The van der Waals surface area contributed by atoms with Crippen LogP contribution in [0, 0.1) is 0 Å². The van der Waals surface area contributed by atoms with Crippen molar-refractivity contribution in [2.75, 3.05) is 7.11 Å². The summed E-state index contributed by atoms with van der Waals surface area (Å²) in [7, 11) is 1.63. The van der Waals surface area contributed by atoms with E-state index in [4.69, 9.17) is 15.0 Å². The van der Waals surface area contributed by atoms with Gasteiger partial charge in [0.25, 0.3) is 0 Å². The Morgan fingerprint density at radius 1 is 1.25 bits per heavy atom. The number of halogens is 1. The minimum absolute atomic E-state index is 0. The molecule has 108 valence electrons. The van der Waals surface area contributed by atoms with Gasteiger partial charge in [0.1, 0.15) is 5.75 Å². The fourth-order valence-electron chi connectivity index (χ4n) is 2.58. The van der Waals surface area contributed by atoms with Crippen molar-refractivity contribution < 1.29 is 9.26 Å². The monoisotopic (exact) mass is 295 g/mol. The van der Waals surface area contributed by atoms with Gasteiger partial charge >= 0.3 is 0 Å². The number of rotatable bonds is 3. The van der Waals surface area contributed by atoms with Gasteiger partial charge in [0.2, 0.25) is 11.7 Å². The lowest BCUT2D eigenvalue weighted by molar-refractivity contribution is 0.285. The van der Waals surface area contributed by atoms with Crippen molar-refractivity contribution >= 4 is 12.4 Å². The molecule has 0 amide bonds. The SMILES string of the molecule is COc1ccccc1-c1noc(C2(N)CCCC2)n1.Cl. The number of hydrogen-bond donors (Lipinski definition) is 1. The number of ether oxygens (including phenoxy) is 1. The van der Waals surface area contributed by atoms with Gasteiger partial charge in [0.05, 0.1) is 18.2 Å². The van der Waals surface area contributed by atoms with Gasteiger partial charge in [-0.05, 0) is 25.0 Å². The van der Waals surface area contributed by atoms with Crippen molar-refractivity contribution in [2.45, 2.75) is 31.2 Å². The first kappa shape index (κ1) is 14.8. The minimum Gasteiger partial charge on any atom is -0.496 e. The van der Waals surface area contributed by atoms with Crippen LogP contribution in [0.5, 0.6) is 5.75 Å². The van der Waals surface area contributed by atoms with Crippen molar-refractivity contribution in [3.05, 3.63) is 30.2 Å². The summed E-state index contributed by atoms with van der Waals surface area (Å²) in [6.45, 7) is 0. The molecule has 0 aliphatic heterocycles. The Morgan fingerprint density at radius 2 is 1.95 bits per heavy atom. The predicted molar refractivity (Wildman–Crippen MR) is 77.9 cm³/mol. The number of nitrogens with zero attached hydrogens (tertiary/aromatic N) is 2. The van der Waals surface area contributed by atoms with Gasteiger partial charge in [0, 0.05) is 0 Å². The molecular formula is C14H18ClN3O2. The number of hydrogen-bond acceptors (Lipinski definition) is 5. The number of para-hydroxylation sites is 1. The number of methoxy groups -OCH3 is 1. The summed E-state index contributed by atoms with van der Waals surface area (Å²) in [5.74, 6) is 1.79. The van der Waals surface area contributed by atoms with Gasteiger partial charge in [-0.3, -0.25) is 0 Å². The van der Waals surface area contributed by atoms with Crippen LogP contribution in [0.3, 0.4) is 0 Å². The van der Waals surface area contributed by atoms with Crippen LogP contribution in [0.2, 0.25) is 0 Å². The van der Waals surface area contributed by atoms with Gasteiger partial charge in [-0.25, -0.2) is 0 Å². The molecule has 1 aliphatic carbocycles. The van der Waals surface area contributed by atoms with E-state index in [1.165, 1.54) is 0 Å². The molecule has 0 radical (unpaired) electrons. The lowest BCUT2D eigenvalue weighted by Gasteiger charge is -2.17. The molecule has 1 aromatic carbocycles. The Kier molecular flexibility index (Phi) is 4.30. The normalized spacial score (nSPS) is 16.7. The Morgan fingerprint density at radius 3 is 2.65 bits per heavy atom. The summed E-state index contributed by atoms with van der Waals surface area (Å²) in [6.07, 6.45) is 4.03. The molecule has 0 bridgehead atoms. The van der Waals surface area contributed by atoms with Crippen LogP contribution in [0.15, 0.2) is 28.8 Å². The highest BCUT2D eigenvalue weighted by molar-refractivity contribution is 5.85. The average molecular weight is 296 g/mol. The molecule has 0 saturated heterocycles. The Labute approximate surface area is 123 Å². The van der Waals surface area contributed by atoms with Crippen LogP contribution < -0.4 is 10.5 Å². The maximum absolute atomic E-state index is 6.31. The van der Waals surface area contributed by atoms with E-state index in [9.17, 15) is 0 Å². The second kappa shape index (κ2) is 5.81. The van der Waals surface area contributed by atoms with Gasteiger partial charge in [-0.15, -0.1) is 12.4 Å². The molecule has 0 unspecified atom stereocenters.